The Labute approximate surface area is 179 Å². The number of amides is 1. The van der Waals surface area contributed by atoms with Crippen molar-refractivity contribution >= 4 is 11.6 Å². The predicted octanol–water partition coefficient (Wildman–Crippen LogP) is 3.70. The van der Waals surface area contributed by atoms with Crippen molar-refractivity contribution in [3.05, 3.63) is 59.7 Å². The molecule has 0 aliphatic carbocycles. The lowest BCUT2D eigenvalue weighted by Gasteiger charge is -2.30. The molecule has 0 atom stereocenters. The highest BCUT2D eigenvalue weighted by Gasteiger charge is 2.24. The number of morpholine rings is 1. The molecule has 1 saturated heterocycles. The molecule has 2 aromatic rings. The highest BCUT2D eigenvalue weighted by molar-refractivity contribution is 5.96. The molecule has 2 aromatic carbocycles. The number of benzene rings is 2. The van der Waals surface area contributed by atoms with Gasteiger partial charge in [-0.3, -0.25) is 9.69 Å². The maximum Gasteiger partial charge on any atom is 0.227 e. The van der Waals surface area contributed by atoms with Gasteiger partial charge in [-0.1, -0.05) is 30.3 Å². The van der Waals surface area contributed by atoms with E-state index < -0.39 is 0 Å². The molecular weight excluding hydrogens is 376 g/mol. The fourth-order valence-electron chi connectivity index (χ4n) is 4.21. The van der Waals surface area contributed by atoms with Crippen LogP contribution in [0.25, 0.3) is 0 Å². The van der Waals surface area contributed by atoms with Crippen molar-refractivity contribution in [2.45, 2.75) is 32.1 Å². The van der Waals surface area contributed by atoms with Crippen LogP contribution in [-0.2, 0) is 22.4 Å². The number of unbranched alkanes of at least 4 members (excludes halogenated alkanes) is 1. The number of fused-ring (bicyclic) bond motifs is 1. The Morgan fingerprint density at radius 3 is 2.60 bits per heavy atom. The number of hydrogen-bond acceptors (Lipinski definition) is 4. The van der Waals surface area contributed by atoms with E-state index in [1.807, 2.05) is 29.2 Å². The van der Waals surface area contributed by atoms with Crippen molar-refractivity contribution < 1.29 is 14.3 Å². The van der Waals surface area contributed by atoms with Crippen LogP contribution in [0, 0.1) is 0 Å². The molecule has 2 aliphatic heterocycles. The first-order valence-corrected chi connectivity index (χ1v) is 11.2. The summed E-state index contributed by atoms with van der Waals surface area (Å²) in [6.45, 7) is 6.39. The largest absolute Gasteiger partial charge is 0.494 e. The molecule has 0 bridgehead atoms. The first kappa shape index (κ1) is 20.9. The van der Waals surface area contributed by atoms with Crippen LogP contribution in [0.15, 0.2) is 48.5 Å². The normalized spacial score (nSPS) is 17.1. The van der Waals surface area contributed by atoms with E-state index in [-0.39, 0.29) is 5.91 Å². The van der Waals surface area contributed by atoms with E-state index in [0.29, 0.717) is 6.42 Å². The number of anilines is 1. The van der Waals surface area contributed by atoms with Crippen molar-refractivity contribution in [1.29, 1.82) is 0 Å². The van der Waals surface area contributed by atoms with Crippen molar-refractivity contribution in [3.63, 3.8) is 0 Å². The molecule has 0 spiro atoms. The summed E-state index contributed by atoms with van der Waals surface area (Å²) in [7, 11) is 0. The van der Waals surface area contributed by atoms with Gasteiger partial charge in [0.1, 0.15) is 5.75 Å². The molecule has 0 radical (unpaired) electrons. The van der Waals surface area contributed by atoms with E-state index in [0.717, 1.165) is 83.1 Å². The minimum atomic E-state index is 0.218. The topological polar surface area (TPSA) is 42.0 Å². The van der Waals surface area contributed by atoms with Gasteiger partial charge in [0, 0.05) is 31.7 Å². The van der Waals surface area contributed by atoms with Crippen molar-refractivity contribution in [1.82, 2.24) is 4.90 Å². The summed E-state index contributed by atoms with van der Waals surface area (Å²) in [5.74, 6) is 1.13. The summed E-state index contributed by atoms with van der Waals surface area (Å²) in [5.41, 5.74) is 3.52. The van der Waals surface area contributed by atoms with Crippen LogP contribution in [0.1, 0.15) is 30.4 Å². The molecule has 0 saturated carbocycles. The highest BCUT2D eigenvalue weighted by Crippen LogP contribution is 2.31. The van der Waals surface area contributed by atoms with Gasteiger partial charge >= 0.3 is 0 Å². The summed E-state index contributed by atoms with van der Waals surface area (Å²) in [6, 6.07) is 16.5. The van der Waals surface area contributed by atoms with Crippen LogP contribution in [0.3, 0.4) is 0 Å². The molecule has 5 nitrogen and oxygen atoms in total. The van der Waals surface area contributed by atoms with Gasteiger partial charge in [-0.25, -0.2) is 0 Å². The van der Waals surface area contributed by atoms with Gasteiger partial charge in [-0.15, -0.1) is 0 Å². The highest BCUT2D eigenvalue weighted by atomic mass is 16.5. The molecule has 30 heavy (non-hydrogen) atoms. The van der Waals surface area contributed by atoms with Gasteiger partial charge in [0.05, 0.1) is 19.8 Å². The maximum absolute atomic E-state index is 12.5. The Morgan fingerprint density at radius 2 is 1.77 bits per heavy atom. The molecule has 0 aromatic heterocycles. The number of hydrogen-bond donors (Lipinski definition) is 0. The summed E-state index contributed by atoms with van der Waals surface area (Å²) in [4.78, 5) is 16.9. The lowest BCUT2D eigenvalue weighted by molar-refractivity contribution is -0.118. The fraction of sp³-hybridized carbons (Fsp3) is 0.480. The van der Waals surface area contributed by atoms with Crippen LogP contribution in [0.5, 0.6) is 5.75 Å². The van der Waals surface area contributed by atoms with Gasteiger partial charge in [0.2, 0.25) is 5.91 Å². The third-order valence-corrected chi connectivity index (χ3v) is 5.96. The number of nitrogens with zero attached hydrogens (tertiary/aromatic N) is 2. The molecule has 0 unspecified atom stereocenters. The second-order valence-electron chi connectivity index (χ2n) is 8.08. The monoisotopic (exact) mass is 408 g/mol. The minimum Gasteiger partial charge on any atom is -0.494 e. The smallest absolute Gasteiger partial charge is 0.227 e. The van der Waals surface area contributed by atoms with Crippen LogP contribution >= 0.6 is 0 Å². The third-order valence-electron chi connectivity index (χ3n) is 5.96. The van der Waals surface area contributed by atoms with E-state index in [2.05, 4.69) is 29.2 Å². The van der Waals surface area contributed by atoms with Gasteiger partial charge in [-0.05, 0) is 61.6 Å². The first-order chi connectivity index (χ1) is 14.8. The Kier molecular flexibility index (Phi) is 7.38. The van der Waals surface area contributed by atoms with Gasteiger partial charge in [-0.2, -0.15) is 0 Å². The summed E-state index contributed by atoms with van der Waals surface area (Å²) in [6.07, 6.45) is 4.44. The van der Waals surface area contributed by atoms with Gasteiger partial charge in [0.25, 0.3) is 0 Å². The third kappa shape index (κ3) is 5.61. The Hall–Kier alpha value is -2.37. The van der Waals surface area contributed by atoms with Crippen LogP contribution in [0.4, 0.5) is 5.69 Å². The quantitative estimate of drug-likeness (QED) is 0.594. The summed E-state index contributed by atoms with van der Waals surface area (Å²) < 4.78 is 11.4. The molecule has 1 fully saturated rings. The maximum atomic E-state index is 12.5. The van der Waals surface area contributed by atoms with E-state index in [4.69, 9.17) is 9.47 Å². The molecule has 2 aliphatic rings. The molecule has 160 valence electrons. The van der Waals surface area contributed by atoms with Gasteiger partial charge in [0.15, 0.2) is 0 Å². The zero-order valence-electron chi connectivity index (χ0n) is 17.7. The van der Waals surface area contributed by atoms with E-state index in [1.165, 1.54) is 11.1 Å². The van der Waals surface area contributed by atoms with Crippen LogP contribution in [-0.4, -0.2) is 56.8 Å². The second kappa shape index (κ2) is 10.6. The zero-order chi connectivity index (χ0) is 20.6. The number of rotatable bonds is 9. The van der Waals surface area contributed by atoms with Crippen molar-refractivity contribution in [2.24, 2.45) is 0 Å². The van der Waals surface area contributed by atoms with Crippen molar-refractivity contribution in [2.75, 3.05) is 50.9 Å². The number of aryl methyl sites for hydroxylation is 1. The standard InChI is InChI=1S/C25H32N2O3/c28-25-11-8-22-20-23(30-17-5-4-13-26-15-18-29-19-16-26)9-10-24(22)27(25)14-12-21-6-2-1-3-7-21/h1-3,6-7,9-10,20H,4-5,8,11-19H2. The summed E-state index contributed by atoms with van der Waals surface area (Å²) in [5, 5.41) is 0. The Balaban J connectivity index is 1.27. The lowest BCUT2D eigenvalue weighted by Crippen LogP contribution is -2.36. The fourth-order valence-corrected chi connectivity index (χ4v) is 4.21. The lowest BCUT2D eigenvalue weighted by atomic mass is 10.00. The summed E-state index contributed by atoms with van der Waals surface area (Å²) >= 11 is 0. The van der Waals surface area contributed by atoms with Crippen LogP contribution in [0.2, 0.25) is 0 Å². The zero-order valence-corrected chi connectivity index (χ0v) is 17.7. The SMILES string of the molecule is O=C1CCc2cc(OCCCCN3CCOCC3)ccc2N1CCc1ccccc1. The average molecular weight is 409 g/mol. The number of ether oxygens (including phenoxy) is 2. The van der Waals surface area contributed by atoms with Gasteiger partial charge < -0.3 is 14.4 Å². The molecule has 1 amide bonds. The predicted molar refractivity (Wildman–Crippen MR) is 119 cm³/mol. The van der Waals surface area contributed by atoms with Crippen LogP contribution < -0.4 is 9.64 Å². The molecule has 0 N–H and O–H groups in total. The molecule has 4 rings (SSSR count). The molecule has 2 heterocycles. The van der Waals surface area contributed by atoms with E-state index in [9.17, 15) is 4.79 Å². The first-order valence-electron chi connectivity index (χ1n) is 11.2. The Bertz CT molecular complexity index is 818. The molecule has 5 heteroatoms. The average Bonchev–Trinajstić information content (AvgIpc) is 2.79. The second-order valence-corrected chi connectivity index (χ2v) is 8.08. The number of carbonyl (C=O) groups is 1. The van der Waals surface area contributed by atoms with E-state index in [1.54, 1.807) is 0 Å². The molecular formula is C25H32N2O3. The van der Waals surface area contributed by atoms with Crippen molar-refractivity contribution in [3.8, 4) is 5.75 Å². The Morgan fingerprint density at radius 1 is 0.933 bits per heavy atom. The van der Waals surface area contributed by atoms with E-state index >= 15 is 0 Å². The minimum absolute atomic E-state index is 0.218. The number of carbonyl (C=O) groups excluding carboxylic acids is 1.